The smallest absolute Gasteiger partial charge is 0.156 e. The summed E-state index contributed by atoms with van der Waals surface area (Å²) in [7, 11) is 0. The summed E-state index contributed by atoms with van der Waals surface area (Å²) in [6.07, 6.45) is 3.77. The number of imidazole rings is 1. The van der Waals surface area contributed by atoms with Gasteiger partial charge < -0.3 is 5.32 Å². The van der Waals surface area contributed by atoms with Crippen LogP contribution in [0.15, 0.2) is 24.5 Å². The van der Waals surface area contributed by atoms with Gasteiger partial charge in [-0.25, -0.2) is 13.9 Å². The zero-order chi connectivity index (χ0) is 17.8. The molecule has 1 saturated heterocycles. The van der Waals surface area contributed by atoms with Crippen molar-refractivity contribution in [3.63, 3.8) is 0 Å². The third-order valence-electron chi connectivity index (χ3n) is 4.91. The van der Waals surface area contributed by atoms with E-state index in [0.717, 1.165) is 50.7 Å². The molecule has 8 heteroatoms. The lowest BCUT2D eigenvalue weighted by Crippen LogP contribution is -2.39. The van der Waals surface area contributed by atoms with Gasteiger partial charge in [0.25, 0.3) is 0 Å². The highest BCUT2D eigenvalue weighted by Crippen LogP contribution is 2.34. The SMILES string of the molecule is Cc1cn2nc(-c3cc4cn([C@H]5CCNCC5F)nc4s3)cc(C)c2n1. The van der Waals surface area contributed by atoms with E-state index in [-0.39, 0.29) is 6.04 Å². The highest BCUT2D eigenvalue weighted by molar-refractivity contribution is 7.21. The highest BCUT2D eigenvalue weighted by Gasteiger charge is 2.27. The van der Waals surface area contributed by atoms with Gasteiger partial charge in [-0.1, -0.05) is 0 Å². The fraction of sp³-hybridized carbons (Fsp3) is 0.389. The Balaban J connectivity index is 1.53. The topological polar surface area (TPSA) is 60.0 Å². The number of piperidine rings is 1. The lowest BCUT2D eigenvalue weighted by atomic mass is 10.1. The van der Waals surface area contributed by atoms with Crippen molar-refractivity contribution >= 4 is 27.2 Å². The molecular formula is C18H19FN6S. The van der Waals surface area contributed by atoms with E-state index >= 15 is 0 Å². The minimum atomic E-state index is -0.895. The minimum absolute atomic E-state index is 0.176. The van der Waals surface area contributed by atoms with Crippen LogP contribution < -0.4 is 5.32 Å². The maximum atomic E-state index is 14.2. The standard InChI is InChI=1S/C18H19FN6S/c1-10-5-14(22-25-8-11(2)21-17(10)25)16-6-12-9-24(23-18(12)26-16)15-3-4-20-7-13(15)19/h5-6,8-9,13,15,20H,3-4,7H2,1-2H3/t13?,15-/m0/s1. The summed E-state index contributed by atoms with van der Waals surface area (Å²) < 4.78 is 17.8. The van der Waals surface area contributed by atoms with Crippen molar-refractivity contribution in [3.05, 3.63) is 35.8 Å². The van der Waals surface area contributed by atoms with E-state index in [1.54, 1.807) is 16.0 Å². The number of fused-ring (bicyclic) bond motifs is 2. The van der Waals surface area contributed by atoms with Crippen LogP contribution in [0.4, 0.5) is 4.39 Å². The molecule has 6 nitrogen and oxygen atoms in total. The predicted octanol–water partition coefficient (Wildman–Crippen LogP) is 3.30. The summed E-state index contributed by atoms with van der Waals surface area (Å²) in [5, 5.41) is 13.5. The van der Waals surface area contributed by atoms with Crippen molar-refractivity contribution in [3.8, 4) is 10.6 Å². The number of halogens is 1. The summed E-state index contributed by atoms with van der Waals surface area (Å²) in [5.74, 6) is 0. The molecule has 0 radical (unpaired) electrons. The van der Waals surface area contributed by atoms with E-state index in [1.165, 1.54) is 0 Å². The largest absolute Gasteiger partial charge is 0.314 e. The predicted molar refractivity (Wildman–Crippen MR) is 100 cm³/mol. The van der Waals surface area contributed by atoms with Crippen LogP contribution in [0.25, 0.3) is 26.4 Å². The maximum absolute atomic E-state index is 14.2. The number of hydrogen-bond donors (Lipinski definition) is 1. The molecule has 26 heavy (non-hydrogen) atoms. The molecule has 134 valence electrons. The minimum Gasteiger partial charge on any atom is -0.314 e. The van der Waals surface area contributed by atoms with E-state index in [4.69, 9.17) is 0 Å². The van der Waals surface area contributed by atoms with Crippen LogP contribution in [-0.2, 0) is 0 Å². The molecule has 4 aromatic rings. The summed E-state index contributed by atoms with van der Waals surface area (Å²) in [4.78, 5) is 6.48. The van der Waals surface area contributed by atoms with E-state index < -0.39 is 6.17 Å². The van der Waals surface area contributed by atoms with Crippen molar-refractivity contribution in [1.29, 1.82) is 0 Å². The van der Waals surface area contributed by atoms with Crippen molar-refractivity contribution in [2.24, 2.45) is 0 Å². The second-order valence-electron chi connectivity index (χ2n) is 6.92. The molecule has 5 rings (SSSR count). The van der Waals surface area contributed by atoms with Crippen molar-refractivity contribution in [2.45, 2.75) is 32.5 Å². The van der Waals surface area contributed by atoms with Crippen molar-refractivity contribution in [2.75, 3.05) is 13.1 Å². The monoisotopic (exact) mass is 370 g/mol. The number of aryl methyl sites for hydroxylation is 2. The first-order chi connectivity index (χ1) is 12.6. The van der Waals surface area contributed by atoms with Crippen LogP contribution in [0.5, 0.6) is 0 Å². The normalized spacial score (nSPS) is 21.0. The second kappa shape index (κ2) is 5.85. The quantitative estimate of drug-likeness (QED) is 0.588. The first kappa shape index (κ1) is 15.9. The summed E-state index contributed by atoms with van der Waals surface area (Å²) in [6.45, 7) is 5.24. The van der Waals surface area contributed by atoms with Gasteiger partial charge in [-0.15, -0.1) is 11.3 Å². The molecule has 1 aliphatic heterocycles. The molecule has 1 N–H and O–H groups in total. The first-order valence-corrected chi connectivity index (χ1v) is 9.57. The molecule has 1 unspecified atom stereocenters. The van der Waals surface area contributed by atoms with Crippen molar-refractivity contribution < 1.29 is 4.39 Å². The molecule has 0 amide bonds. The molecule has 4 aromatic heterocycles. The average Bonchev–Trinajstić information content (AvgIpc) is 3.27. The first-order valence-electron chi connectivity index (χ1n) is 8.76. The molecule has 0 saturated carbocycles. The Labute approximate surface area is 153 Å². The molecule has 5 heterocycles. The fourth-order valence-electron chi connectivity index (χ4n) is 3.61. The third-order valence-corrected chi connectivity index (χ3v) is 5.97. The zero-order valence-electron chi connectivity index (χ0n) is 14.6. The van der Waals surface area contributed by atoms with Crippen LogP contribution in [0.1, 0.15) is 23.7 Å². The molecular weight excluding hydrogens is 351 g/mol. The number of alkyl halides is 1. The highest BCUT2D eigenvalue weighted by atomic mass is 32.1. The summed E-state index contributed by atoms with van der Waals surface area (Å²) in [6, 6.07) is 3.98. The van der Waals surface area contributed by atoms with E-state index in [2.05, 4.69) is 32.6 Å². The number of rotatable bonds is 2. The van der Waals surface area contributed by atoms with Gasteiger partial charge in [0.15, 0.2) is 5.65 Å². The molecule has 1 fully saturated rings. The van der Waals surface area contributed by atoms with Crippen LogP contribution >= 0.6 is 11.3 Å². The van der Waals surface area contributed by atoms with Crippen LogP contribution in [0, 0.1) is 13.8 Å². The Morgan fingerprint density at radius 3 is 2.92 bits per heavy atom. The number of nitrogens with one attached hydrogen (secondary N) is 1. The van der Waals surface area contributed by atoms with Gasteiger partial charge in [0.2, 0.25) is 0 Å². The lowest BCUT2D eigenvalue weighted by molar-refractivity contribution is 0.174. The summed E-state index contributed by atoms with van der Waals surface area (Å²) in [5.41, 5.74) is 3.84. The second-order valence-corrected chi connectivity index (χ2v) is 7.95. The fourth-order valence-corrected chi connectivity index (χ4v) is 4.57. The van der Waals surface area contributed by atoms with Crippen LogP contribution in [0.3, 0.4) is 0 Å². The average molecular weight is 370 g/mol. The molecule has 0 spiro atoms. The number of aromatic nitrogens is 5. The Kier molecular flexibility index (Phi) is 3.58. The van der Waals surface area contributed by atoms with Gasteiger partial charge >= 0.3 is 0 Å². The van der Waals surface area contributed by atoms with Gasteiger partial charge in [-0.3, -0.25) is 4.68 Å². The number of thiophene rings is 1. The van der Waals surface area contributed by atoms with Crippen molar-refractivity contribution in [1.82, 2.24) is 29.7 Å². The molecule has 1 aliphatic rings. The van der Waals surface area contributed by atoms with E-state index in [1.807, 2.05) is 30.8 Å². The Hall–Kier alpha value is -2.32. The molecule has 0 bridgehead atoms. The summed E-state index contributed by atoms with van der Waals surface area (Å²) >= 11 is 1.59. The van der Waals surface area contributed by atoms with Gasteiger partial charge in [0.05, 0.1) is 22.8 Å². The number of hydrogen-bond acceptors (Lipinski definition) is 5. The maximum Gasteiger partial charge on any atom is 0.156 e. The van der Waals surface area contributed by atoms with Gasteiger partial charge in [-0.2, -0.15) is 10.2 Å². The van der Waals surface area contributed by atoms with Gasteiger partial charge in [0, 0.05) is 18.1 Å². The van der Waals surface area contributed by atoms with E-state index in [9.17, 15) is 4.39 Å². The number of nitrogens with zero attached hydrogens (tertiary/aromatic N) is 5. The Morgan fingerprint density at radius 1 is 1.23 bits per heavy atom. The Bertz CT molecular complexity index is 1080. The van der Waals surface area contributed by atoms with Gasteiger partial charge in [-0.05, 0) is 44.5 Å². The Morgan fingerprint density at radius 2 is 2.12 bits per heavy atom. The molecule has 0 aromatic carbocycles. The zero-order valence-corrected chi connectivity index (χ0v) is 15.4. The molecule has 0 aliphatic carbocycles. The van der Waals surface area contributed by atoms with Crippen LogP contribution in [-0.4, -0.2) is 43.6 Å². The van der Waals surface area contributed by atoms with Crippen LogP contribution in [0.2, 0.25) is 0 Å². The molecule has 2 atom stereocenters. The van der Waals surface area contributed by atoms with E-state index in [0.29, 0.717) is 6.54 Å². The third kappa shape index (κ3) is 2.52. The van der Waals surface area contributed by atoms with Gasteiger partial charge in [0.1, 0.15) is 16.7 Å². The lowest BCUT2D eigenvalue weighted by Gasteiger charge is -2.26.